The van der Waals surface area contributed by atoms with Gasteiger partial charge in [-0.2, -0.15) is 5.10 Å². The van der Waals surface area contributed by atoms with Crippen molar-refractivity contribution >= 4 is 21.7 Å². The third-order valence-electron chi connectivity index (χ3n) is 2.72. The molecule has 1 aromatic heterocycles. The van der Waals surface area contributed by atoms with Crippen LogP contribution in [0.25, 0.3) is 0 Å². The molecule has 1 unspecified atom stereocenters. The normalized spacial score (nSPS) is 12.6. The number of nitrogens with two attached hydrogens (primary N) is 2. The third kappa shape index (κ3) is 2.69. The van der Waals surface area contributed by atoms with Crippen LogP contribution < -0.4 is 17.0 Å². The molecule has 18 heavy (non-hydrogen) atoms. The minimum absolute atomic E-state index is 0.285. The van der Waals surface area contributed by atoms with Crippen LogP contribution in [0.4, 0.5) is 10.2 Å². The van der Waals surface area contributed by atoms with Crippen molar-refractivity contribution in [3.63, 3.8) is 0 Å². The Hall–Kier alpha value is -1.44. The number of nitrogen functional groups attached to an aromatic ring is 1. The second-order valence-electron chi connectivity index (χ2n) is 3.90. The highest BCUT2D eigenvalue weighted by molar-refractivity contribution is 9.10. The van der Waals surface area contributed by atoms with Gasteiger partial charge in [-0.05, 0) is 24.1 Å². The van der Waals surface area contributed by atoms with E-state index in [4.69, 9.17) is 11.6 Å². The smallest absolute Gasteiger partial charge is 0.127 e. The van der Waals surface area contributed by atoms with Crippen molar-refractivity contribution in [1.29, 1.82) is 0 Å². The molecule has 6 N–H and O–H groups in total. The predicted octanol–water partition coefficient (Wildman–Crippen LogP) is 1.64. The lowest BCUT2D eigenvalue weighted by molar-refractivity contribution is 0.530. The van der Waals surface area contributed by atoms with Crippen molar-refractivity contribution in [2.75, 3.05) is 5.73 Å². The number of H-pyrrole nitrogens is 1. The lowest BCUT2D eigenvalue weighted by Gasteiger charge is -2.15. The Kier molecular flexibility index (Phi) is 3.95. The second-order valence-corrected chi connectivity index (χ2v) is 4.81. The van der Waals surface area contributed by atoms with Gasteiger partial charge in [0.15, 0.2) is 0 Å². The molecule has 1 heterocycles. The highest BCUT2D eigenvalue weighted by Gasteiger charge is 2.17. The summed E-state index contributed by atoms with van der Waals surface area (Å²) >= 11 is 3.21. The highest BCUT2D eigenvalue weighted by atomic mass is 79.9. The molecule has 0 aliphatic carbocycles. The quantitative estimate of drug-likeness (QED) is 0.510. The first kappa shape index (κ1) is 13.0. The standard InChI is InChI=1S/C11H13BrFN5/c12-7-2-1-6(9(13)4-7)3-10(17-15)8-5-16-18-11(8)14/h1-2,4-5,10,17H,3,15H2,(H3,14,16,18). The van der Waals surface area contributed by atoms with Crippen molar-refractivity contribution < 1.29 is 4.39 Å². The minimum Gasteiger partial charge on any atom is -0.384 e. The van der Waals surface area contributed by atoms with Crippen LogP contribution in [0.15, 0.2) is 28.9 Å². The van der Waals surface area contributed by atoms with Crippen molar-refractivity contribution in [1.82, 2.24) is 15.6 Å². The number of rotatable bonds is 4. The van der Waals surface area contributed by atoms with E-state index in [9.17, 15) is 4.39 Å². The van der Waals surface area contributed by atoms with E-state index in [0.29, 0.717) is 22.3 Å². The average molecular weight is 314 g/mol. The second kappa shape index (κ2) is 5.47. The molecule has 2 rings (SSSR count). The fraction of sp³-hybridized carbons (Fsp3) is 0.182. The first-order valence-electron chi connectivity index (χ1n) is 5.30. The Labute approximate surface area is 112 Å². The zero-order valence-electron chi connectivity index (χ0n) is 9.45. The van der Waals surface area contributed by atoms with Crippen LogP contribution in [0.3, 0.4) is 0 Å². The first-order valence-corrected chi connectivity index (χ1v) is 6.10. The maximum Gasteiger partial charge on any atom is 0.127 e. The Bertz CT molecular complexity index is 542. The SMILES string of the molecule is NNC(Cc1ccc(Br)cc1F)c1cn[nH]c1N. The van der Waals surface area contributed by atoms with Gasteiger partial charge in [-0.25, -0.2) is 4.39 Å². The molecule has 96 valence electrons. The van der Waals surface area contributed by atoms with E-state index in [1.54, 1.807) is 18.3 Å². The van der Waals surface area contributed by atoms with Crippen LogP contribution in [-0.2, 0) is 6.42 Å². The molecular weight excluding hydrogens is 301 g/mol. The lowest BCUT2D eigenvalue weighted by atomic mass is 10.0. The molecule has 1 aromatic carbocycles. The van der Waals surface area contributed by atoms with E-state index in [-0.39, 0.29) is 11.9 Å². The van der Waals surface area contributed by atoms with Crippen LogP contribution in [0, 0.1) is 5.82 Å². The van der Waals surface area contributed by atoms with Gasteiger partial charge in [0.1, 0.15) is 11.6 Å². The number of aromatic nitrogens is 2. The molecule has 2 aromatic rings. The van der Waals surface area contributed by atoms with Gasteiger partial charge in [0.25, 0.3) is 0 Å². The number of nitrogens with zero attached hydrogens (tertiary/aromatic N) is 1. The van der Waals surface area contributed by atoms with Crippen molar-refractivity contribution in [2.45, 2.75) is 12.5 Å². The molecule has 1 atom stereocenters. The van der Waals surface area contributed by atoms with E-state index in [2.05, 4.69) is 31.6 Å². The van der Waals surface area contributed by atoms with Crippen LogP contribution in [0.2, 0.25) is 0 Å². The fourth-order valence-corrected chi connectivity index (χ4v) is 2.08. The van der Waals surface area contributed by atoms with Crippen LogP contribution in [-0.4, -0.2) is 10.2 Å². The molecule has 0 spiro atoms. The van der Waals surface area contributed by atoms with Crippen molar-refractivity contribution in [3.8, 4) is 0 Å². The van der Waals surface area contributed by atoms with Gasteiger partial charge in [-0.3, -0.25) is 16.4 Å². The molecule has 0 aliphatic heterocycles. The van der Waals surface area contributed by atoms with E-state index < -0.39 is 0 Å². The number of benzene rings is 1. The minimum atomic E-state index is -0.292. The summed E-state index contributed by atoms with van der Waals surface area (Å²) in [4.78, 5) is 0. The predicted molar refractivity (Wildman–Crippen MR) is 70.9 cm³/mol. The number of hydrogen-bond donors (Lipinski definition) is 4. The van der Waals surface area contributed by atoms with E-state index >= 15 is 0 Å². The van der Waals surface area contributed by atoms with Crippen LogP contribution in [0.1, 0.15) is 17.2 Å². The largest absolute Gasteiger partial charge is 0.384 e. The van der Waals surface area contributed by atoms with Gasteiger partial charge in [0, 0.05) is 10.0 Å². The maximum atomic E-state index is 13.7. The molecule has 0 saturated heterocycles. The number of nitrogens with one attached hydrogen (secondary N) is 2. The summed E-state index contributed by atoms with van der Waals surface area (Å²) in [5, 5.41) is 6.45. The molecule has 0 amide bonds. The summed E-state index contributed by atoms with van der Waals surface area (Å²) in [6.07, 6.45) is 1.97. The zero-order valence-corrected chi connectivity index (χ0v) is 11.0. The van der Waals surface area contributed by atoms with Gasteiger partial charge in [-0.15, -0.1) is 0 Å². The lowest BCUT2D eigenvalue weighted by Crippen LogP contribution is -2.30. The summed E-state index contributed by atoms with van der Waals surface area (Å²) in [6.45, 7) is 0. The summed E-state index contributed by atoms with van der Waals surface area (Å²) in [5.41, 5.74) is 9.61. The molecular formula is C11H13BrFN5. The Balaban J connectivity index is 2.23. The average Bonchev–Trinajstić information content (AvgIpc) is 2.75. The topological polar surface area (TPSA) is 92.7 Å². The summed E-state index contributed by atoms with van der Waals surface area (Å²) in [5.74, 6) is 5.62. The van der Waals surface area contributed by atoms with Gasteiger partial charge in [-0.1, -0.05) is 22.0 Å². The monoisotopic (exact) mass is 313 g/mol. The van der Waals surface area contributed by atoms with E-state index in [0.717, 1.165) is 5.56 Å². The van der Waals surface area contributed by atoms with E-state index in [1.807, 2.05) is 0 Å². The van der Waals surface area contributed by atoms with E-state index in [1.165, 1.54) is 6.07 Å². The maximum absolute atomic E-state index is 13.7. The zero-order chi connectivity index (χ0) is 13.1. The number of hydrogen-bond acceptors (Lipinski definition) is 4. The number of hydrazine groups is 1. The molecule has 0 saturated carbocycles. The van der Waals surface area contributed by atoms with Crippen LogP contribution >= 0.6 is 15.9 Å². The molecule has 7 heteroatoms. The highest BCUT2D eigenvalue weighted by Crippen LogP contribution is 2.24. The van der Waals surface area contributed by atoms with Gasteiger partial charge < -0.3 is 5.73 Å². The molecule has 0 fully saturated rings. The number of halogens is 2. The Morgan fingerprint density at radius 2 is 2.28 bits per heavy atom. The molecule has 5 nitrogen and oxygen atoms in total. The molecule has 0 bridgehead atoms. The van der Waals surface area contributed by atoms with Crippen molar-refractivity contribution in [2.24, 2.45) is 5.84 Å². The van der Waals surface area contributed by atoms with Gasteiger partial charge in [0.05, 0.1) is 12.2 Å². The van der Waals surface area contributed by atoms with Crippen molar-refractivity contribution in [3.05, 3.63) is 45.8 Å². The first-order chi connectivity index (χ1) is 8.61. The molecule has 0 aliphatic rings. The fourth-order valence-electron chi connectivity index (χ4n) is 1.75. The van der Waals surface area contributed by atoms with Crippen LogP contribution in [0.5, 0.6) is 0 Å². The number of aromatic amines is 1. The summed E-state index contributed by atoms with van der Waals surface area (Å²) < 4.78 is 14.4. The third-order valence-corrected chi connectivity index (χ3v) is 3.21. The number of anilines is 1. The Morgan fingerprint density at radius 3 is 2.83 bits per heavy atom. The summed E-state index contributed by atoms with van der Waals surface area (Å²) in [6, 6.07) is 4.62. The molecule has 0 radical (unpaired) electrons. The van der Waals surface area contributed by atoms with Gasteiger partial charge >= 0.3 is 0 Å². The Morgan fingerprint density at radius 1 is 1.50 bits per heavy atom. The summed E-state index contributed by atoms with van der Waals surface area (Å²) in [7, 11) is 0. The van der Waals surface area contributed by atoms with Gasteiger partial charge in [0.2, 0.25) is 0 Å².